The van der Waals surface area contributed by atoms with E-state index in [1.807, 2.05) is 25.7 Å². The van der Waals surface area contributed by atoms with E-state index in [1.165, 1.54) is 0 Å². The molecule has 2 rings (SSSR count). The largest absolute Gasteiger partial charge is 0.444 e. The van der Waals surface area contributed by atoms with Gasteiger partial charge in [0.2, 0.25) is 0 Å². The van der Waals surface area contributed by atoms with Gasteiger partial charge in [0.25, 0.3) is 0 Å². The van der Waals surface area contributed by atoms with Gasteiger partial charge in [0.15, 0.2) is 0 Å². The minimum atomic E-state index is -0.413. The lowest BCUT2D eigenvalue weighted by Gasteiger charge is -2.27. The van der Waals surface area contributed by atoms with Crippen molar-refractivity contribution in [2.24, 2.45) is 0 Å². The Hall–Kier alpha value is -0.810. The number of carbonyl (C=O) groups is 1. The molecule has 0 saturated carbocycles. The molecule has 2 aliphatic heterocycles. The molecule has 0 bridgehead atoms. The monoisotopic (exact) mass is 270 g/mol. The molecule has 1 unspecified atom stereocenters. The Kier molecular flexibility index (Phi) is 4.68. The van der Waals surface area contributed by atoms with Crippen LogP contribution in [0, 0.1) is 0 Å². The number of likely N-dealkylation sites (tertiary alicyclic amines) is 1. The maximum atomic E-state index is 12.0. The van der Waals surface area contributed by atoms with E-state index in [9.17, 15) is 4.79 Å². The second-order valence-electron chi connectivity index (χ2n) is 6.47. The highest BCUT2D eigenvalue weighted by Crippen LogP contribution is 2.17. The van der Waals surface area contributed by atoms with Crippen molar-refractivity contribution < 1.29 is 14.3 Å². The van der Waals surface area contributed by atoms with E-state index in [0.29, 0.717) is 12.1 Å². The second-order valence-corrected chi connectivity index (χ2v) is 6.47. The molecule has 0 aliphatic carbocycles. The zero-order valence-corrected chi connectivity index (χ0v) is 12.3. The van der Waals surface area contributed by atoms with Gasteiger partial charge in [-0.1, -0.05) is 0 Å². The molecule has 0 spiro atoms. The van der Waals surface area contributed by atoms with Gasteiger partial charge in [0.1, 0.15) is 5.60 Å². The first-order valence-electron chi connectivity index (χ1n) is 7.26. The molecule has 2 fully saturated rings. The van der Waals surface area contributed by atoms with Gasteiger partial charge < -0.3 is 19.7 Å². The summed E-state index contributed by atoms with van der Waals surface area (Å²) in [5.41, 5.74) is -0.413. The van der Waals surface area contributed by atoms with Crippen molar-refractivity contribution in [2.45, 2.75) is 57.7 Å². The number of nitrogens with one attached hydrogen (secondary N) is 1. The number of hydrogen-bond acceptors (Lipinski definition) is 4. The average molecular weight is 270 g/mol. The number of amides is 1. The predicted octanol–water partition coefficient (Wildman–Crippen LogP) is 1.76. The summed E-state index contributed by atoms with van der Waals surface area (Å²) in [5, 5.41) is 3.64. The Morgan fingerprint density at radius 2 is 1.89 bits per heavy atom. The lowest BCUT2D eigenvalue weighted by molar-refractivity contribution is 0.0287. The van der Waals surface area contributed by atoms with Crippen LogP contribution in [0.4, 0.5) is 4.79 Å². The second kappa shape index (κ2) is 6.09. The van der Waals surface area contributed by atoms with Crippen LogP contribution in [-0.4, -0.2) is 55.0 Å². The Bertz CT molecular complexity index is 308. The summed E-state index contributed by atoms with van der Waals surface area (Å²) in [4.78, 5) is 13.8. The summed E-state index contributed by atoms with van der Waals surface area (Å²) >= 11 is 0. The van der Waals surface area contributed by atoms with Crippen molar-refractivity contribution in [3.8, 4) is 0 Å². The Labute approximate surface area is 115 Å². The fourth-order valence-electron chi connectivity index (χ4n) is 2.59. The van der Waals surface area contributed by atoms with E-state index < -0.39 is 5.60 Å². The van der Waals surface area contributed by atoms with Gasteiger partial charge in [-0.25, -0.2) is 4.79 Å². The van der Waals surface area contributed by atoms with Gasteiger partial charge in [-0.05, 0) is 40.0 Å². The molecule has 5 heteroatoms. The number of nitrogens with zero attached hydrogens (tertiary/aromatic N) is 1. The zero-order chi connectivity index (χ0) is 13.9. The zero-order valence-electron chi connectivity index (χ0n) is 12.3. The molecule has 0 aromatic rings. The van der Waals surface area contributed by atoms with Crippen LogP contribution in [0.1, 0.15) is 40.0 Å². The summed E-state index contributed by atoms with van der Waals surface area (Å²) in [5.74, 6) is 0. The first-order chi connectivity index (χ1) is 8.94. The molecular weight excluding hydrogens is 244 g/mol. The third-order valence-corrected chi connectivity index (χ3v) is 3.53. The van der Waals surface area contributed by atoms with E-state index in [0.717, 1.165) is 45.6 Å². The number of carbonyl (C=O) groups excluding carboxylic acids is 1. The maximum absolute atomic E-state index is 12.0. The van der Waals surface area contributed by atoms with E-state index in [2.05, 4.69) is 5.32 Å². The quantitative estimate of drug-likeness (QED) is 0.831. The topological polar surface area (TPSA) is 50.8 Å². The normalized spacial score (nSPS) is 25.6. The van der Waals surface area contributed by atoms with Crippen LogP contribution in [0.25, 0.3) is 0 Å². The highest BCUT2D eigenvalue weighted by molar-refractivity contribution is 5.68. The SMILES string of the molecule is CC(C)(C)OC(=O)N1CCC(NC2CCOCC2)C1. The van der Waals surface area contributed by atoms with Crippen molar-refractivity contribution in [1.29, 1.82) is 0 Å². The molecule has 19 heavy (non-hydrogen) atoms. The highest BCUT2D eigenvalue weighted by Gasteiger charge is 2.30. The number of ether oxygens (including phenoxy) is 2. The standard InChI is InChI=1S/C14H26N2O3/c1-14(2,3)19-13(17)16-7-4-12(10-16)15-11-5-8-18-9-6-11/h11-12,15H,4-10H2,1-3H3. The van der Waals surface area contributed by atoms with Gasteiger partial charge in [-0.2, -0.15) is 0 Å². The predicted molar refractivity (Wildman–Crippen MR) is 73.2 cm³/mol. The van der Waals surface area contributed by atoms with Gasteiger partial charge in [-0.3, -0.25) is 0 Å². The molecule has 1 atom stereocenters. The van der Waals surface area contributed by atoms with Crippen LogP contribution in [-0.2, 0) is 9.47 Å². The van der Waals surface area contributed by atoms with Gasteiger partial charge >= 0.3 is 6.09 Å². The first kappa shape index (κ1) is 14.6. The Morgan fingerprint density at radius 1 is 1.21 bits per heavy atom. The lowest BCUT2D eigenvalue weighted by Crippen LogP contribution is -2.44. The van der Waals surface area contributed by atoms with Crippen LogP contribution >= 0.6 is 0 Å². The van der Waals surface area contributed by atoms with Crippen LogP contribution < -0.4 is 5.32 Å². The fourth-order valence-corrected chi connectivity index (χ4v) is 2.59. The average Bonchev–Trinajstić information content (AvgIpc) is 2.77. The van der Waals surface area contributed by atoms with Gasteiger partial charge in [-0.15, -0.1) is 0 Å². The molecule has 0 aromatic carbocycles. The molecule has 0 radical (unpaired) electrons. The highest BCUT2D eigenvalue weighted by atomic mass is 16.6. The van der Waals surface area contributed by atoms with E-state index in [-0.39, 0.29) is 6.09 Å². The summed E-state index contributed by atoms with van der Waals surface area (Å²) in [6.07, 6.45) is 2.96. The third kappa shape index (κ3) is 4.66. The molecule has 2 aliphatic rings. The van der Waals surface area contributed by atoms with Gasteiger partial charge in [0.05, 0.1) is 0 Å². The molecule has 0 aromatic heterocycles. The molecule has 5 nitrogen and oxygen atoms in total. The van der Waals surface area contributed by atoms with Crippen molar-refractivity contribution in [2.75, 3.05) is 26.3 Å². The summed E-state index contributed by atoms with van der Waals surface area (Å²) < 4.78 is 10.8. The summed E-state index contributed by atoms with van der Waals surface area (Å²) in [7, 11) is 0. The third-order valence-electron chi connectivity index (χ3n) is 3.53. The smallest absolute Gasteiger partial charge is 0.410 e. The molecule has 2 heterocycles. The minimum Gasteiger partial charge on any atom is -0.444 e. The Morgan fingerprint density at radius 3 is 2.53 bits per heavy atom. The maximum Gasteiger partial charge on any atom is 0.410 e. The molecule has 1 N–H and O–H groups in total. The van der Waals surface area contributed by atoms with E-state index in [1.54, 1.807) is 0 Å². The molecule has 2 saturated heterocycles. The van der Waals surface area contributed by atoms with Crippen LogP contribution in [0.5, 0.6) is 0 Å². The number of hydrogen-bond donors (Lipinski definition) is 1. The van der Waals surface area contributed by atoms with Crippen molar-refractivity contribution in [3.63, 3.8) is 0 Å². The van der Waals surface area contributed by atoms with Crippen molar-refractivity contribution >= 4 is 6.09 Å². The summed E-state index contributed by atoms with van der Waals surface area (Å²) in [6.45, 7) is 8.94. The number of rotatable bonds is 2. The molecule has 110 valence electrons. The van der Waals surface area contributed by atoms with Crippen LogP contribution in [0.15, 0.2) is 0 Å². The van der Waals surface area contributed by atoms with Gasteiger partial charge in [0, 0.05) is 38.4 Å². The van der Waals surface area contributed by atoms with Crippen LogP contribution in [0.3, 0.4) is 0 Å². The van der Waals surface area contributed by atoms with Crippen molar-refractivity contribution in [1.82, 2.24) is 10.2 Å². The van der Waals surface area contributed by atoms with Crippen molar-refractivity contribution in [3.05, 3.63) is 0 Å². The summed E-state index contributed by atoms with van der Waals surface area (Å²) in [6, 6.07) is 0.938. The molecule has 1 amide bonds. The minimum absolute atomic E-state index is 0.191. The molecular formula is C14H26N2O3. The first-order valence-corrected chi connectivity index (χ1v) is 7.26. The van der Waals surface area contributed by atoms with E-state index >= 15 is 0 Å². The lowest BCUT2D eigenvalue weighted by atomic mass is 10.1. The fraction of sp³-hybridized carbons (Fsp3) is 0.929. The van der Waals surface area contributed by atoms with Crippen LogP contribution in [0.2, 0.25) is 0 Å². The van der Waals surface area contributed by atoms with E-state index in [4.69, 9.17) is 9.47 Å². The Balaban J connectivity index is 1.74.